The van der Waals surface area contributed by atoms with Crippen LogP contribution in [0, 0.1) is 17.0 Å². The highest BCUT2D eigenvalue weighted by atomic mass is 16.6. The van der Waals surface area contributed by atoms with Crippen LogP contribution in [0.5, 0.6) is 11.5 Å². The summed E-state index contributed by atoms with van der Waals surface area (Å²) in [6.07, 6.45) is 0. The quantitative estimate of drug-likeness (QED) is 0.456. The summed E-state index contributed by atoms with van der Waals surface area (Å²) in [5, 5.41) is 32.3. The molecule has 0 spiro atoms. The Morgan fingerprint density at radius 3 is 2.43 bits per heavy atom. The molecule has 0 atom stereocenters. The zero-order chi connectivity index (χ0) is 15.6. The molecule has 21 heavy (non-hydrogen) atoms. The largest absolute Gasteiger partial charge is 0.507 e. The maximum absolute atomic E-state index is 12.0. The number of hydrogen-bond acceptors (Lipinski definition) is 5. The zero-order valence-corrected chi connectivity index (χ0v) is 11.0. The van der Waals surface area contributed by atoms with Gasteiger partial charge in [-0.15, -0.1) is 0 Å². The minimum Gasteiger partial charge on any atom is -0.507 e. The number of nitrogens with one attached hydrogen (secondary N) is 1. The Kier molecular flexibility index (Phi) is 3.75. The third-order valence-electron chi connectivity index (χ3n) is 2.84. The summed E-state index contributed by atoms with van der Waals surface area (Å²) in [5.41, 5.74) is 0.565. The van der Waals surface area contributed by atoms with Gasteiger partial charge in [0.15, 0.2) is 0 Å². The van der Waals surface area contributed by atoms with E-state index in [0.717, 1.165) is 17.7 Å². The van der Waals surface area contributed by atoms with Crippen molar-refractivity contribution in [3.63, 3.8) is 0 Å². The number of aromatic hydroxyl groups is 2. The number of nitro benzene ring substituents is 1. The van der Waals surface area contributed by atoms with E-state index in [4.69, 9.17) is 0 Å². The molecule has 0 saturated heterocycles. The van der Waals surface area contributed by atoms with Crippen LogP contribution in [0.2, 0.25) is 0 Å². The number of carbonyl (C=O) groups is 1. The van der Waals surface area contributed by atoms with E-state index < -0.39 is 16.6 Å². The first-order valence-electron chi connectivity index (χ1n) is 5.97. The molecule has 108 valence electrons. The van der Waals surface area contributed by atoms with Crippen LogP contribution in [0.25, 0.3) is 0 Å². The van der Waals surface area contributed by atoms with Gasteiger partial charge < -0.3 is 15.5 Å². The lowest BCUT2D eigenvalue weighted by Crippen LogP contribution is -2.12. The van der Waals surface area contributed by atoms with Crippen molar-refractivity contribution in [3.8, 4) is 11.5 Å². The number of anilines is 1. The molecule has 7 heteroatoms. The summed E-state index contributed by atoms with van der Waals surface area (Å²) in [6.45, 7) is 1.77. The third-order valence-corrected chi connectivity index (χ3v) is 2.84. The second kappa shape index (κ2) is 5.49. The Bertz CT molecular complexity index is 727. The van der Waals surface area contributed by atoms with Gasteiger partial charge in [-0.1, -0.05) is 6.07 Å². The average Bonchev–Trinajstić information content (AvgIpc) is 2.40. The van der Waals surface area contributed by atoms with Gasteiger partial charge in [0.2, 0.25) is 0 Å². The molecular weight excluding hydrogens is 276 g/mol. The Morgan fingerprint density at radius 2 is 1.86 bits per heavy atom. The number of amides is 1. The molecule has 0 fully saturated rings. The highest BCUT2D eigenvalue weighted by Crippen LogP contribution is 2.29. The van der Waals surface area contributed by atoms with E-state index in [9.17, 15) is 25.1 Å². The molecule has 0 aromatic heterocycles. The lowest BCUT2D eigenvalue weighted by Gasteiger charge is -2.08. The van der Waals surface area contributed by atoms with E-state index in [1.54, 1.807) is 13.0 Å². The smallest absolute Gasteiger partial charge is 0.273 e. The van der Waals surface area contributed by atoms with E-state index in [-0.39, 0.29) is 22.7 Å². The minimum atomic E-state index is -0.656. The Morgan fingerprint density at radius 1 is 1.14 bits per heavy atom. The van der Waals surface area contributed by atoms with Crippen molar-refractivity contribution < 1.29 is 19.9 Å². The molecule has 2 rings (SSSR count). The molecule has 3 N–H and O–H groups in total. The fraction of sp³-hybridized carbons (Fsp3) is 0.0714. The Labute approximate surface area is 119 Å². The normalized spacial score (nSPS) is 10.1. The van der Waals surface area contributed by atoms with Gasteiger partial charge in [0.1, 0.15) is 11.5 Å². The molecule has 0 radical (unpaired) electrons. The predicted molar refractivity (Wildman–Crippen MR) is 75.6 cm³/mol. The standard InChI is InChI=1S/C14H12N2O5/c1-8-2-4-10(12(17)6-8)14(19)15-11-5-3-9(16(20)21)7-13(11)18/h2-7,17-18H,1H3,(H,15,19). The molecule has 0 aliphatic rings. The molecule has 0 aliphatic heterocycles. The Balaban J connectivity index is 2.25. The minimum absolute atomic E-state index is 0.0191. The fourth-order valence-electron chi connectivity index (χ4n) is 1.76. The van der Waals surface area contributed by atoms with E-state index >= 15 is 0 Å². The number of benzene rings is 2. The van der Waals surface area contributed by atoms with Gasteiger partial charge >= 0.3 is 0 Å². The molecular formula is C14H12N2O5. The van der Waals surface area contributed by atoms with Gasteiger partial charge in [-0.2, -0.15) is 0 Å². The number of hydrogen-bond donors (Lipinski definition) is 3. The lowest BCUT2D eigenvalue weighted by molar-refractivity contribution is -0.384. The van der Waals surface area contributed by atoms with Gasteiger partial charge in [-0.3, -0.25) is 14.9 Å². The molecule has 7 nitrogen and oxygen atoms in total. The van der Waals surface area contributed by atoms with E-state index in [2.05, 4.69) is 5.32 Å². The highest BCUT2D eigenvalue weighted by Gasteiger charge is 2.15. The highest BCUT2D eigenvalue weighted by molar-refractivity contribution is 6.06. The number of carbonyl (C=O) groups excluding carboxylic acids is 1. The van der Waals surface area contributed by atoms with Crippen molar-refractivity contribution in [3.05, 3.63) is 57.6 Å². The number of nitrogens with zero attached hydrogens (tertiary/aromatic N) is 1. The first-order valence-corrected chi connectivity index (χ1v) is 5.97. The summed E-state index contributed by atoms with van der Waals surface area (Å²) < 4.78 is 0. The van der Waals surface area contributed by atoms with Crippen LogP contribution in [0.15, 0.2) is 36.4 Å². The molecule has 0 heterocycles. The molecule has 0 aliphatic carbocycles. The maximum atomic E-state index is 12.0. The van der Waals surface area contributed by atoms with Crippen LogP contribution in [-0.2, 0) is 0 Å². The third kappa shape index (κ3) is 3.08. The molecule has 2 aromatic carbocycles. The van der Waals surface area contributed by atoms with Crippen molar-refractivity contribution in [2.45, 2.75) is 6.92 Å². The first kappa shape index (κ1) is 14.3. The van der Waals surface area contributed by atoms with Crippen molar-refractivity contribution in [1.29, 1.82) is 0 Å². The van der Waals surface area contributed by atoms with Crippen LogP contribution in [0.1, 0.15) is 15.9 Å². The molecule has 0 bridgehead atoms. The van der Waals surface area contributed by atoms with E-state index in [0.29, 0.717) is 0 Å². The second-order valence-electron chi connectivity index (χ2n) is 4.43. The molecule has 2 aromatic rings. The number of rotatable bonds is 3. The van der Waals surface area contributed by atoms with Gasteiger partial charge in [-0.25, -0.2) is 0 Å². The summed E-state index contributed by atoms with van der Waals surface area (Å²) in [7, 11) is 0. The SMILES string of the molecule is Cc1ccc(C(=O)Nc2ccc([N+](=O)[O-])cc2O)c(O)c1. The van der Waals surface area contributed by atoms with E-state index in [1.807, 2.05) is 0 Å². The monoisotopic (exact) mass is 288 g/mol. The van der Waals surface area contributed by atoms with Crippen molar-refractivity contribution in [2.24, 2.45) is 0 Å². The number of phenolic OH excluding ortho intramolecular Hbond substituents is 2. The zero-order valence-electron chi connectivity index (χ0n) is 11.0. The second-order valence-corrected chi connectivity index (χ2v) is 4.43. The number of non-ortho nitro benzene ring substituents is 1. The van der Waals surface area contributed by atoms with Crippen LogP contribution < -0.4 is 5.32 Å². The summed E-state index contributed by atoms with van der Waals surface area (Å²) >= 11 is 0. The summed E-state index contributed by atoms with van der Waals surface area (Å²) in [5.74, 6) is -1.24. The average molecular weight is 288 g/mol. The predicted octanol–water partition coefficient (Wildman–Crippen LogP) is 2.57. The van der Waals surface area contributed by atoms with Gasteiger partial charge in [0.25, 0.3) is 11.6 Å². The molecule has 1 amide bonds. The van der Waals surface area contributed by atoms with Crippen LogP contribution in [-0.4, -0.2) is 21.0 Å². The van der Waals surface area contributed by atoms with Crippen molar-refractivity contribution >= 4 is 17.3 Å². The van der Waals surface area contributed by atoms with Crippen LogP contribution in [0.3, 0.4) is 0 Å². The lowest BCUT2D eigenvalue weighted by atomic mass is 10.1. The summed E-state index contributed by atoms with van der Waals surface area (Å²) in [6, 6.07) is 7.85. The Hall–Kier alpha value is -3.09. The van der Waals surface area contributed by atoms with E-state index in [1.165, 1.54) is 18.2 Å². The maximum Gasteiger partial charge on any atom is 0.273 e. The van der Waals surface area contributed by atoms with Gasteiger partial charge in [0.05, 0.1) is 22.2 Å². The van der Waals surface area contributed by atoms with Gasteiger partial charge in [-0.05, 0) is 30.7 Å². The van der Waals surface area contributed by atoms with Crippen molar-refractivity contribution in [1.82, 2.24) is 0 Å². The number of phenols is 2. The van der Waals surface area contributed by atoms with Gasteiger partial charge in [0, 0.05) is 6.07 Å². The van der Waals surface area contributed by atoms with Crippen LogP contribution >= 0.6 is 0 Å². The topological polar surface area (TPSA) is 113 Å². The van der Waals surface area contributed by atoms with Crippen LogP contribution in [0.4, 0.5) is 11.4 Å². The number of aryl methyl sites for hydroxylation is 1. The van der Waals surface area contributed by atoms with Crippen molar-refractivity contribution in [2.75, 3.05) is 5.32 Å². The molecule has 0 unspecified atom stereocenters. The number of nitro groups is 1. The molecule has 0 saturated carbocycles. The first-order chi connectivity index (χ1) is 9.88. The fourth-order valence-corrected chi connectivity index (χ4v) is 1.76. The summed E-state index contributed by atoms with van der Waals surface area (Å²) in [4.78, 5) is 21.9.